The van der Waals surface area contributed by atoms with E-state index in [0.29, 0.717) is 24.9 Å². The highest BCUT2D eigenvalue weighted by Gasteiger charge is 2.30. The molecule has 132 valence electrons. The van der Waals surface area contributed by atoms with Crippen molar-refractivity contribution in [3.8, 4) is 0 Å². The Bertz CT molecular complexity index is 871. The van der Waals surface area contributed by atoms with Crippen molar-refractivity contribution in [2.45, 2.75) is 25.0 Å². The normalized spacial score (nSPS) is 13.0. The summed E-state index contributed by atoms with van der Waals surface area (Å²) in [5.74, 6) is -0.317. The Hall–Kier alpha value is -2.27. The van der Waals surface area contributed by atoms with Crippen molar-refractivity contribution >= 4 is 18.6 Å². The van der Waals surface area contributed by atoms with Crippen LogP contribution >= 0.6 is 0 Å². The molecule has 1 atom stereocenters. The zero-order valence-corrected chi connectivity index (χ0v) is 14.3. The minimum absolute atomic E-state index is 0.317. The van der Waals surface area contributed by atoms with Crippen LogP contribution in [-0.4, -0.2) is 14.4 Å². The molecule has 0 unspecified atom stereocenters. The fraction of sp³-hybridized carbons (Fsp3) is 0.238. The summed E-state index contributed by atoms with van der Waals surface area (Å²) in [6.07, 6.45) is -3.02. The van der Waals surface area contributed by atoms with Gasteiger partial charge in [-0.25, -0.2) is 0 Å². The number of nitrogens with one attached hydrogen (secondary N) is 1. The molecule has 0 spiro atoms. The topological polar surface area (TPSA) is 12.0 Å². The molecule has 0 heterocycles. The Labute approximate surface area is 152 Å². The fourth-order valence-corrected chi connectivity index (χ4v) is 3.08. The first kappa shape index (κ1) is 18.5. The lowest BCUT2D eigenvalue weighted by atomic mass is 9.86. The Morgan fingerprint density at radius 3 is 2.46 bits per heavy atom. The summed E-state index contributed by atoms with van der Waals surface area (Å²) >= 11 is 0. The van der Waals surface area contributed by atoms with Crippen LogP contribution in [0.2, 0.25) is 0 Å². The molecule has 3 aromatic carbocycles. The molecule has 26 heavy (non-hydrogen) atoms. The van der Waals surface area contributed by atoms with Gasteiger partial charge in [0.05, 0.1) is 13.4 Å². The van der Waals surface area contributed by atoms with Gasteiger partial charge in [0.25, 0.3) is 0 Å². The quantitative estimate of drug-likeness (QED) is 0.472. The van der Waals surface area contributed by atoms with E-state index in [1.54, 1.807) is 6.07 Å². The average Bonchev–Trinajstić information content (AvgIpc) is 2.64. The van der Waals surface area contributed by atoms with Gasteiger partial charge in [0.2, 0.25) is 0 Å². The maximum Gasteiger partial charge on any atom is 0.416 e. The Balaban J connectivity index is 1.57. The van der Waals surface area contributed by atoms with Gasteiger partial charge in [-0.3, -0.25) is 0 Å². The standard InChI is InChI=1S/C21H19BF3N/c22-20(19-12-4-9-16-8-1-2-11-18(16)19)26-13-5-7-15-6-3-10-17(14-15)21(23,24)25/h1-4,6,8-12,14,20,26H,5,7,13H2/t20-/m1/s1. The largest absolute Gasteiger partial charge is 0.416 e. The first-order chi connectivity index (χ1) is 12.4. The number of alkyl halides is 3. The van der Waals surface area contributed by atoms with Gasteiger partial charge < -0.3 is 5.32 Å². The van der Waals surface area contributed by atoms with Crippen LogP contribution in [0, 0.1) is 0 Å². The minimum Gasteiger partial charge on any atom is -0.318 e. The van der Waals surface area contributed by atoms with Gasteiger partial charge in [0.1, 0.15) is 0 Å². The molecule has 0 saturated heterocycles. The monoisotopic (exact) mass is 353 g/mol. The number of hydrogen-bond donors (Lipinski definition) is 1. The maximum atomic E-state index is 12.7. The molecule has 5 heteroatoms. The van der Waals surface area contributed by atoms with Gasteiger partial charge >= 0.3 is 6.18 Å². The van der Waals surface area contributed by atoms with E-state index < -0.39 is 11.7 Å². The van der Waals surface area contributed by atoms with E-state index in [0.717, 1.165) is 22.4 Å². The number of benzene rings is 3. The summed E-state index contributed by atoms with van der Waals surface area (Å²) in [5.41, 5.74) is 1.10. The van der Waals surface area contributed by atoms with E-state index in [1.807, 2.05) is 42.5 Å². The third-order valence-corrected chi connectivity index (χ3v) is 4.42. The highest BCUT2D eigenvalue weighted by atomic mass is 19.4. The number of rotatable bonds is 6. The Morgan fingerprint density at radius 1 is 0.923 bits per heavy atom. The predicted octanol–water partition coefficient (Wildman–Crippen LogP) is 5.25. The first-order valence-corrected chi connectivity index (χ1v) is 8.58. The van der Waals surface area contributed by atoms with Crippen molar-refractivity contribution in [2.75, 3.05) is 6.54 Å². The molecule has 0 saturated carbocycles. The van der Waals surface area contributed by atoms with Gasteiger partial charge in [-0.15, -0.1) is 0 Å². The molecule has 1 nitrogen and oxygen atoms in total. The zero-order valence-electron chi connectivity index (χ0n) is 14.3. The second kappa shape index (κ2) is 7.96. The van der Waals surface area contributed by atoms with E-state index in [9.17, 15) is 13.2 Å². The fourth-order valence-electron chi connectivity index (χ4n) is 3.08. The van der Waals surface area contributed by atoms with E-state index in [1.165, 1.54) is 12.1 Å². The molecular formula is C21H19BF3N. The highest BCUT2D eigenvalue weighted by Crippen LogP contribution is 2.29. The summed E-state index contributed by atoms with van der Waals surface area (Å²) in [7, 11) is 6.26. The van der Waals surface area contributed by atoms with Crippen molar-refractivity contribution < 1.29 is 13.2 Å². The molecule has 2 radical (unpaired) electrons. The van der Waals surface area contributed by atoms with Crippen molar-refractivity contribution in [3.63, 3.8) is 0 Å². The van der Waals surface area contributed by atoms with Crippen molar-refractivity contribution in [3.05, 3.63) is 83.4 Å². The summed E-state index contributed by atoms with van der Waals surface area (Å²) in [4.78, 5) is 0. The predicted molar refractivity (Wildman–Crippen MR) is 100 cm³/mol. The second-order valence-electron chi connectivity index (χ2n) is 6.30. The third-order valence-electron chi connectivity index (χ3n) is 4.42. The van der Waals surface area contributed by atoms with Crippen molar-refractivity contribution in [1.82, 2.24) is 5.32 Å². The van der Waals surface area contributed by atoms with Crippen molar-refractivity contribution in [1.29, 1.82) is 0 Å². The van der Waals surface area contributed by atoms with Crippen molar-refractivity contribution in [2.24, 2.45) is 0 Å². The lowest BCUT2D eigenvalue weighted by Crippen LogP contribution is -2.23. The molecule has 0 aromatic heterocycles. The van der Waals surface area contributed by atoms with Gasteiger partial charge in [-0.2, -0.15) is 13.2 Å². The van der Waals surface area contributed by atoms with E-state index in [2.05, 4.69) is 5.32 Å². The SMILES string of the molecule is [B][C@H](NCCCc1cccc(C(F)(F)F)c1)c1cccc2ccccc12. The first-order valence-electron chi connectivity index (χ1n) is 8.58. The molecular weight excluding hydrogens is 334 g/mol. The molecule has 0 aliphatic carbocycles. The lowest BCUT2D eigenvalue weighted by molar-refractivity contribution is -0.137. The highest BCUT2D eigenvalue weighted by molar-refractivity contribution is 6.13. The molecule has 0 aliphatic heterocycles. The van der Waals surface area contributed by atoms with Gasteiger partial charge in [-0.1, -0.05) is 60.7 Å². The number of halogens is 3. The molecule has 0 fully saturated rings. The maximum absolute atomic E-state index is 12.7. The third kappa shape index (κ3) is 4.47. The summed E-state index contributed by atoms with van der Waals surface area (Å²) in [5, 5.41) is 5.50. The van der Waals surface area contributed by atoms with Crippen LogP contribution in [0.5, 0.6) is 0 Å². The van der Waals surface area contributed by atoms with Crippen LogP contribution in [0.4, 0.5) is 13.2 Å². The van der Waals surface area contributed by atoms with Crippen LogP contribution in [0.3, 0.4) is 0 Å². The summed E-state index contributed by atoms with van der Waals surface area (Å²) in [6, 6.07) is 19.5. The zero-order chi connectivity index (χ0) is 18.6. The number of hydrogen-bond acceptors (Lipinski definition) is 1. The van der Waals surface area contributed by atoms with Crippen LogP contribution in [0.25, 0.3) is 10.8 Å². The molecule has 3 aromatic rings. The summed E-state index contributed by atoms with van der Waals surface area (Å²) < 4.78 is 38.2. The van der Waals surface area contributed by atoms with E-state index in [-0.39, 0.29) is 5.94 Å². The van der Waals surface area contributed by atoms with Crippen LogP contribution in [-0.2, 0) is 12.6 Å². The molecule has 3 rings (SSSR count). The van der Waals surface area contributed by atoms with Gasteiger partial charge in [0.15, 0.2) is 0 Å². The molecule has 0 amide bonds. The van der Waals surface area contributed by atoms with Crippen LogP contribution < -0.4 is 5.32 Å². The summed E-state index contributed by atoms with van der Waals surface area (Å²) in [6.45, 7) is 0.626. The van der Waals surface area contributed by atoms with Gasteiger partial charge in [-0.05, 0) is 53.3 Å². The van der Waals surface area contributed by atoms with Crippen LogP contribution in [0.1, 0.15) is 29.1 Å². The minimum atomic E-state index is -4.30. The van der Waals surface area contributed by atoms with Gasteiger partial charge in [0, 0.05) is 0 Å². The molecule has 0 aliphatic rings. The number of aryl methyl sites for hydroxylation is 1. The van der Waals surface area contributed by atoms with E-state index in [4.69, 9.17) is 7.85 Å². The van der Waals surface area contributed by atoms with E-state index >= 15 is 0 Å². The Kier molecular flexibility index (Phi) is 5.67. The second-order valence-corrected chi connectivity index (χ2v) is 6.30. The average molecular weight is 353 g/mol. The smallest absolute Gasteiger partial charge is 0.318 e. The Morgan fingerprint density at radius 2 is 1.65 bits per heavy atom. The van der Waals surface area contributed by atoms with Crippen LogP contribution in [0.15, 0.2) is 66.7 Å². The molecule has 1 N–H and O–H groups in total. The molecule has 0 bridgehead atoms. The lowest BCUT2D eigenvalue weighted by Gasteiger charge is -2.17. The number of fused-ring (bicyclic) bond motifs is 1.